The van der Waals surface area contributed by atoms with Crippen LogP contribution in [0.2, 0.25) is 0 Å². The van der Waals surface area contributed by atoms with Gasteiger partial charge in [-0.1, -0.05) is 18.2 Å². The molecular weight excluding hydrogens is 265 g/mol. The Kier molecular flexibility index (Phi) is 3.69. The summed E-state index contributed by atoms with van der Waals surface area (Å²) in [7, 11) is 0. The van der Waals surface area contributed by atoms with E-state index in [1.54, 1.807) is 18.3 Å². The lowest BCUT2D eigenvalue weighted by Gasteiger charge is -2.10. The zero-order valence-electron chi connectivity index (χ0n) is 11.5. The van der Waals surface area contributed by atoms with E-state index in [0.29, 0.717) is 24.2 Å². The summed E-state index contributed by atoms with van der Waals surface area (Å²) in [6, 6.07) is 14.4. The summed E-state index contributed by atoms with van der Waals surface area (Å²) in [4.78, 5) is 4.37. The molecule has 2 aromatic carbocycles. The Morgan fingerprint density at radius 3 is 2.76 bits per heavy atom. The largest absolute Gasteiger partial charge is 0.398 e. The molecule has 4 heteroatoms. The van der Waals surface area contributed by atoms with Crippen molar-refractivity contribution in [2.45, 2.75) is 6.42 Å². The van der Waals surface area contributed by atoms with Gasteiger partial charge in [0.15, 0.2) is 0 Å². The number of nitrogens with zero attached hydrogens (tertiary/aromatic N) is 1. The highest BCUT2D eigenvalue weighted by Gasteiger charge is 2.05. The van der Waals surface area contributed by atoms with Crippen LogP contribution in [0.1, 0.15) is 5.56 Å². The molecule has 3 N–H and O–H groups in total. The lowest BCUT2D eigenvalue weighted by atomic mass is 10.1. The normalized spacial score (nSPS) is 10.7. The maximum Gasteiger partial charge on any atom is 0.126 e. The molecule has 3 nitrogen and oxygen atoms in total. The van der Waals surface area contributed by atoms with Crippen LogP contribution in [-0.4, -0.2) is 11.5 Å². The first-order valence-corrected chi connectivity index (χ1v) is 6.86. The van der Waals surface area contributed by atoms with Crippen LogP contribution >= 0.6 is 0 Å². The number of pyridine rings is 1. The van der Waals surface area contributed by atoms with Gasteiger partial charge >= 0.3 is 0 Å². The lowest BCUT2D eigenvalue weighted by molar-refractivity contribution is 0.610. The minimum atomic E-state index is -0.167. The Bertz CT molecular complexity index is 771. The van der Waals surface area contributed by atoms with E-state index in [2.05, 4.69) is 10.3 Å². The van der Waals surface area contributed by atoms with E-state index in [0.717, 1.165) is 16.6 Å². The van der Waals surface area contributed by atoms with Gasteiger partial charge in [-0.2, -0.15) is 0 Å². The number of nitrogens with two attached hydrogens (primary N) is 1. The standard InChI is InChI=1S/C17H16FN3/c18-14-6-2-1-4-12(14)9-11-20-16-8-7-15(19)13-5-3-10-21-17(13)16/h1-8,10,20H,9,11,19H2. The molecule has 0 amide bonds. The average molecular weight is 281 g/mol. The second-order valence-corrected chi connectivity index (χ2v) is 4.87. The van der Waals surface area contributed by atoms with Crippen LogP contribution in [0.5, 0.6) is 0 Å². The Morgan fingerprint density at radius 2 is 1.90 bits per heavy atom. The summed E-state index contributed by atoms with van der Waals surface area (Å²) < 4.78 is 13.6. The topological polar surface area (TPSA) is 50.9 Å². The SMILES string of the molecule is Nc1ccc(NCCc2ccccc2F)c2ncccc12. The molecule has 3 aromatic rings. The van der Waals surface area contributed by atoms with Gasteiger partial charge in [-0.25, -0.2) is 4.39 Å². The number of hydrogen-bond donors (Lipinski definition) is 2. The molecular formula is C17H16FN3. The van der Waals surface area contributed by atoms with Gasteiger partial charge in [0.05, 0.1) is 11.2 Å². The quantitative estimate of drug-likeness (QED) is 0.718. The predicted molar refractivity (Wildman–Crippen MR) is 84.7 cm³/mol. The van der Waals surface area contributed by atoms with Crippen LogP contribution in [0.4, 0.5) is 15.8 Å². The first-order chi connectivity index (χ1) is 10.3. The fraction of sp³-hybridized carbons (Fsp3) is 0.118. The molecule has 0 spiro atoms. The summed E-state index contributed by atoms with van der Waals surface area (Å²) >= 11 is 0. The molecule has 0 aliphatic rings. The summed E-state index contributed by atoms with van der Waals surface area (Å²) in [5.74, 6) is -0.167. The number of nitrogen functional groups attached to an aromatic ring is 1. The number of nitrogens with one attached hydrogen (secondary N) is 1. The minimum absolute atomic E-state index is 0.167. The molecule has 0 aliphatic carbocycles. The van der Waals surface area contributed by atoms with E-state index >= 15 is 0 Å². The van der Waals surface area contributed by atoms with Gasteiger partial charge in [-0.15, -0.1) is 0 Å². The van der Waals surface area contributed by atoms with Crippen LogP contribution in [-0.2, 0) is 6.42 Å². The van der Waals surface area contributed by atoms with Crippen molar-refractivity contribution in [3.05, 3.63) is 66.1 Å². The highest BCUT2D eigenvalue weighted by atomic mass is 19.1. The van der Waals surface area contributed by atoms with Gasteiger partial charge in [-0.05, 0) is 42.3 Å². The third kappa shape index (κ3) is 2.79. The zero-order chi connectivity index (χ0) is 14.7. The Balaban J connectivity index is 1.77. The van der Waals surface area contributed by atoms with Crippen molar-refractivity contribution in [2.75, 3.05) is 17.6 Å². The molecule has 0 saturated carbocycles. The van der Waals surface area contributed by atoms with Crippen molar-refractivity contribution in [3.63, 3.8) is 0 Å². The molecule has 3 rings (SSSR count). The Labute approximate surface area is 122 Å². The van der Waals surface area contributed by atoms with E-state index in [1.165, 1.54) is 6.07 Å². The Hall–Kier alpha value is -2.62. The fourth-order valence-electron chi connectivity index (χ4n) is 2.37. The van der Waals surface area contributed by atoms with Crippen LogP contribution in [0, 0.1) is 5.82 Å². The molecule has 1 heterocycles. The van der Waals surface area contributed by atoms with Crippen molar-refractivity contribution in [2.24, 2.45) is 0 Å². The van der Waals surface area contributed by atoms with Crippen molar-refractivity contribution < 1.29 is 4.39 Å². The van der Waals surface area contributed by atoms with Crippen molar-refractivity contribution in [3.8, 4) is 0 Å². The maximum absolute atomic E-state index is 13.6. The monoisotopic (exact) mass is 281 g/mol. The molecule has 0 unspecified atom stereocenters. The average Bonchev–Trinajstić information content (AvgIpc) is 2.52. The van der Waals surface area contributed by atoms with Crippen molar-refractivity contribution in [1.82, 2.24) is 4.98 Å². The van der Waals surface area contributed by atoms with Gasteiger partial charge < -0.3 is 11.1 Å². The molecule has 1 aromatic heterocycles. The summed E-state index contributed by atoms with van der Waals surface area (Å²) in [6.07, 6.45) is 2.36. The molecule has 0 saturated heterocycles. The molecule has 0 fully saturated rings. The number of rotatable bonds is 4. The van der Waals surface area contributed by atoms with Crippen LogP contribution in [0.15, 0.2) is 54.7 Å². The molecule has 106 valence electrons. The first kappa shape index (κ1) is 13.4. The first-order valence-electron chi connectivity index (χ1n) is 6.86. The third-order valence-corrected chi connectivity index (χ3v) is 3.47. The minimum Gasteiger partial charge on any atom is -0.398 e. The lowest BCUT2D eigenvalue weighted by Crippen LogP contribution is -2.07. The number of hydrogen-bond acceptors (Lipinski definition) is 3. The molecule has 0 bridgehead atoms. The van der Waals surface area contributed by atoms with Gasteiger partial charge in [0, 0.05) is 23.8 Å². The fourth-order valence-corrected chi connectivity index (χ4v) is 2.37. The second kappa shape index (κ2) is 5.79. The molecule has 0 aliphatic heterocycles. The second-order valence-electron chi connectivity index (χ2n) is 4.87. The van der Waals surface area contributed by atoms with Crippen LogP contribution in [0.25, 0.3) is 10.9 Å². The van der Waals surface area contributed by atoms with Gasteiger partial charge in [0.1, 0.15) is 5.82 Å². The van der Waals surface area contributed by atoms with Crippen LogP contribution in [0.3, 0.4) is 0 Å². The zero-order valence-corrected chi connectivity index (χ0v) is 11.5. The summed E-state index contributed by atoms with van der Waals surface area (Å²) in [5, 5.41) is 4.23. The number of aromatic nitrogens is 1. The third-order valence-electron chi connectivity index (χ3n) is 3.47. The van der Waals surface area contributed by atoms with Gasteiger partial charge in [0.2, 0.25) is 0 Å². The highest BCUT2D eigenvalue weighted by Crippen LogP contribution is 2.26. The van der Waals surface area contributed by atoms with E-state index in [-0.39, 0.29) is 5.82 Å². The van der Waals surface area contributed by atoms with Crippen LogP contribution < -0.4 is 11.1 Å². The van der Waals surface area contributed by atoms with E-state index < -0.39 is 0 Å². The number of halogens is 1. The number of benzene rings is 2. The van der Waals surface area contributed by atoms with Gasteiger partial charge in [-0.3, -0.25) is 4.98 Å². The smallest absolute Gasteiger partial charge is 0.126 e. The molecule has 0 atom stereocenters. The highest BCUT2D eigenvalue weighted by molar-refractivity contribution is 5.98. The predicted octanol–water partition coefficient (Wildman–Crippen LogP) is 3.61. The Morgan fingerprint density at radius 1 is 1.05 bits per heavy atom. The number of anilines is 2. The summed E-state index contributed by atoms with van der Waals surface area (Å²) in [5.41, 5.74) is 9.11. The van der Waals surface area contributed by atoms with E-state index in [9.17, 15) is 4.39 Å². The molecule has 0 radical (unpaired) electrons. The van der Waals surface area contributed by atoms with Crippen molar-refractivity contribution >= 4 is 22.3 Å². The summed E-state index contributed by atoms with van der Waals surface area (Å²) in [6.45, 7) is 0.635. The van der Waals surface area contributed by atoms with Crippen molar-refractivity contribution in [1.29, 1.82) is 0 Å². The van der Waals surface area contributed by atoms with E-state index in [1.807, 2.05) is 30.3 Å². The van der Waals surface area contributed by atoms with Gasteiger partial charge in [0.25, 0.3) is 0 Å². The van der Waals surface area contributed by atoms with E-state index in [4.69, 9.17) is 5.73 Å². The molecule has 21 heavy (non-hydrogen) atoms. The number of fused-ring (bicyclic) bond motifs is 1. The maximum atomic E-state index is 13.6.